The van der Waals surface area contributed by atoms with Crippen molar-refractivity contribution >= 4 is 29.5 Å². The maximum Gasteiger partial charge on any atom is 0.281 e. The van der Waals surface area contributed by atoms with Crippen LogP contribution in [0.5, 0.6) is 0 Å². The first-order chi connectivity index (χ1) is 8.66. The largest absolute Gasteiger partial charge is 0.474 e. The number of aldehydes is 1. The van der Waals surface area contributed by atoms with Crippen molar-refractivity contribution in [2.45, 2.75) is 12.5 Å². The number of para-hydroxylation sites is 1. The number of anilines is 1. The lowest BCUT2D eigenvalue weighted by Crippen LogP contribution is -2.47. The summed E-state index contributed by atoms with van der Waals surface area (Å²) in [4.78, 5) is 25.0. The average Bonchev–Trinajstić information content (AvgIpc) is 2.60. The molecule has 0 radical (unpaired) electrons. The van der Waals surface area contributed by atoms with Gasteiger partial charge >= 0.3 is 0 Å². The Morgan fingerprint density at radius 1 is 1.50 bits per heavy atom. The molecule has 0 unspecified atom stereocenters. The number of fused-ring (bicyclic) bond motifs is 2. The molecule has 0 aliphatic carbocycles. The van der Waals surface area contributed by atoms with E-state index in [4.69, 9.17) is 16.3 Å². The fourth-order valence-corrected chi connectivity index (χ4v) is 2.81. The second-order valence-electron chi connectivity index (χ2n) is 4.18. The first kappa shape index (κ1) is 11.3. The van der Waals surface area contributed by atoms with Crippen molar-refractivity contribution in [3.63, 3.8) is 0 Å². The van der Waals surface area contributed by atoms with Crippen LogP contribution in [0.3, 0.4) is 0 Å². The van der Waals surface area contributed by atoms with Crippen LogP contribution in [-0.4, -0.2) is 18.7 Å². The molecule has 1 spiro atoms. The number of benzene rings is 1. The molecule has 0 bridgehead atoms. The zero-order chi connectivity index (χ0) is 12.9. The molecule has 0 saturated heterocycles. The maximum atomic E-state index is 12.5. The zero-order valence-electron chi connectivity index (χ0n) is 9.64. The van der Waals surface area contributed by atoms with Gasteiger partial charge in [-0.3, -0.25) is 9.59 Å². The second-order valence-corrected chi connectivity index (χ2v) is 4.58. The van der Waals surface area contributed by atoms with Crippen molar-refractivity contribution < 1.29 is 14.3 Å². The van der Waals surface area contributed by atoms with E-state index in [1.54, 1.807) is 23.1 Å². The predicted octanol–water partition coefficient (Wildman–Crippen LogP) is 2.01. The van der Waals surface area contributed by atoms with E-state index >= 15 is 0 Å². The molecular weight excluding hydrogens is 254 g/mol. The van der Waals surface area contributed by atoms with Crippen molar-refractivity contribution in [1.29, 1.82) is 0 Å². The van der Waals surface area contributed by atoms with Crippen molar-refractivity contribution in [2.75, 3.05) is 11.4 Å². The lowest BCUT2D eigenvalue weighted by Gasteiger charge is -2.34. The van der Waals surface area contributed by atoms with E-state index in [0.29, 0.717) is 34.7 Å². The van der Waals surface area contributed by atoms with E-state index in [9.17, 15) is 9.59 Å². The Balaban J connectivity index is 2.28. The van der Waals surface area contributed by atoms with Crippen LogP contribution in [0, 0.1) is 0 Å². The van der Waals surface area contributed by atoms with Gasteiger partial charge < -0.3 is 9.64 Å². The molecule has 2 aliphatic rings. The highest BCUT2D eigenvalue weighted by Gasteiger charge is 2.59. The van der Waals surface area contributed by atoms with Gasteiger partial charge in [0.25, 0.3) is 5.91 Å². The van der Waals surface area contributed by atoms with Gasteiger partial charge in [0.15, 0.2) is 6.29 Å². The number of nitrogens with zero attached hydrogens (tertiary/aromatic N) is 1. The van der Waals surface area contributed by atoms with Crippen LogP contribution in [0.15, 0.2) is 30.0 Å². The third-order valence-corrected chi connectivity index (χ3v) is 3.70. The van der Waals surface area contributed by atoms with Gasteiger partial charge in [0.2, 0.25) is 5.60 Å². The summed E-state index contributed by atoms with van der Waals surface area (Å²) in [6.45, 7) is 2.33. The van der Waals surface area contributed by atoms with Gasteiger partial charge in [-0.05, 0) is 13.0 Å². The summed E-state index contributed by atoms with van der Waals surface area (Å²) in [6, 6.07) is 5.24. The minimum absolute atomic E-state index is 0.252. The highest BCUT2D eigenvalue weighted by Crippen LogP contribution is 2.52. The standard InChI is InChI=1S/C13H10ClNO3/c1-2-15-11-9(4-3-5-10(11)14)13(12(15)17)8(6-16)7-18-13/h3-7H,2H2,1H3/t13-/m0/s1. The summed E-state index contributed by atoms with van der Waals surface area (Å²) in [6.07, 6.45) is 1.97. The van der Waals surface area contributed by atoms with Gasteiger partial charge in [-0.25, -0.2) is 0 Å². The highest BCUT2D eigenvalue weighted by atomic mass is 35.5. The molecule has 3 rings (SSSR count). The lowest BCUT2D eigenvalue weighted by atomic mass is 9.85. The van der Waals surface area contributed by atoms with Crippen molar-refractivity contribution in [3.05, 3.63) is 40.6 Å². The zero-order valence-corrected chi connectivity index (χ0v) is 10.4. The molecule has 1 aromatic carbocycles. The lowest BCUT2D eigenvalue weighted by molar-refractivity contribution is -0.139. The number of hydrogen-bond donors (Lipinski definition) is 0. The summed E-state index contributed by atoms with van der Waals surface area (Å²) >= 11 is 6.15. The Bertz CT molecular complexity index is 596. The molecule has 2 heterocycles. The summed E-state index contributed by atoms with van der Waals surface area (Å²) in [5, 5.41) is 0.486. The number of carbonyl (C=O) groups excluding carboxylic acids is 2. The van der Waals surface area contributed by atoms with Crippen LogP contribution in [0.25, 0.3) is 0 Å². The van der Waals surface area contributed by atoms with E-state index in [0.717, 1.165) is 0 Å². The Morgan fingerprint density at radius 2 is 2.28 bits per heavy atom. The van der Waals surface area contributed by atoms with Gasteiger partial charge in [-0.1, -0.05) is 23.7 Å². The van der Waals surface area contributed by atoms with Crippen LogP contribution < -0.4 is 4.90 Å². The predicted molar refractivity (Wildman–Crippen MR) is 66.4 cm³/mol. The van der Waals surface area contributed by atoms with Gasteiger partial charge in [0, 0.05) is 12.1 Å². The first-order valence-electron chi connectivity index (χ1n) is 5.61. The molecule has 1 amide bonds. The molecule has 5 heteroatoms. The average molecular weight is 264 g/mol. The van der Waals surface area contributed by atoms with Gasteiger partial charge in [-0.15, -0.1) is 0 Å². The van der Waals surface area contributed by atoms with Crippen LogP contribution in [0.4, 0.5) is 5.69 Å². The summed E-state index contributed by atoms with van der Waals surface area (Å²) < 4.78 is 5.37. The van der Waals surface area contributed by atoms with Crippen LogP contribution >= 0.6 is 11.6 Å². The Kier molecular flexibility index (Phi) is 2.25. The van der Waals surface area contributed by atoms with Crippen LogP contribution in [-0.2, 0) is 19.9 Å². The number of carbonyl (C=O) groups is 2. The van der Waals surface area contributed by atoms with Gasteiger partial charge in [0.1, 0.15) is 0 Å². The van der Waals surface area contributed by atoms with E-state index in [-0.39, 0.29) is 5.91 Å². The van der Waals surface area contributed by atoms with Crippen LogP contribution in [0.1, 0.15) is 12.5 Å². The van der Waals surface area contributed by atoms with Crippen molar-refractivity contribution in [1.82, 2.24) is 0 Å². The van der Waals surface area contributed by atoms with Crippen molar-refractivity contribution in [3.8, 4) is 0 Å². The molecule has 1 aromatic rings. The smallest absolute Gasteiger partial charge is 0.281 e. The Labute approximate surface area is 109 Å². The molecule has 4 nitrogen and oxygen atoms in total. The van der Waals surface area contributed by atoms with Gasteiger partial charge in [0.05, 0.1) is 22.5 Å². The molecule has 2 aliphatic heterocycles. The SMILES string of the molecule is CCN1C(=O)[C@@]2(OC=C2C=O)c2cccc(Cl)c21. The third kappa shape index (κ3) is 1.06. The normalized spacial score (nSPS) is 24.4. The first-order valence-corrected chi connectivity index (χ1v) is 5.99. The number of hydrogen-bond acceptors (Lipinski definition) is 3. The van der Waals surface area contributed by atoms with E-state index in [1.165, 1.54) is 6.26 Å². The molecule has 0 aromatic heterocycles. The Hall–Kier alpha value is -1.81. The minimum Gasteiger partial charge on any atom is -0.474 e. The molecule has 0 N–H and O–H groups in total. The number of rotatable bonds is 2. The number of likely N-dealkylation sites (N-methyl/N-ethyl adjacent to an activating group) is 1. The summed E-state index contributed by atoms with van der Waals surface area (Å²) in [7, 11) is 0. The topological polar surface area (TPSA) is 46.6 Å². The van der Waals surface area contributed by atoms with E-state index < -0.39 is 5.60 Å². The Morgan fingerprint density at radius 3 is 2.83 bits per heavy atom. The fraction of sp³-hybridized carbons (Fsp3) is 0.231. The maximum absolute atomic E-state index is 12.5. The summed E-state index contributed by atoms with van der Waals surface area (Å²) in [5.74, 6) is -0.252. The monoisotopic (exact) mass is 263 g/mol. The quantitative estimate of drug-likeness (QED) is 0.767. The molecule has 92 valence electrons. The molecule has 1 atom stereocenters. The van der Waals surface area contributed by atoms with Crippen LogP contribution in [0.2, 0.25) is 5.02 Å². The molecular formula is C13H10ClNO3. The fourth-order valence-electron chi connectivity index (χ4n) is 2.53. The second kappa shape index (κ2) is 3.59. The molecule has 18 heavy (non-hydrogen) atoms. The third-order valence-electron chi connectivity index (χ3n) is 3.39. The van der Waals surface area contributed by atoms with Crippen molar-refractivity contribution in [2.24, 2.45) is 0 Å². The number of amides is 1. The van der Waals surface area contributed by atoms with Gasteiger partial charge in [-0.2, -0.15) is 0 Å². The van der Waals surface area contributed by atoms with E-state index in [2.05, 4.69) is 0 Å². The molecule has 0 saturated carbocycles. The minimum atomic E-state index is -1.27. The number of ether oxygens (including phenoxy) is 1. The summed E-state index contributed by atoms with van der Waals surface area (Å²) in [5.41, 5.74) is 0.357. The number of halogens is 1. The van der Waals surface area contributed by atoms with E-state index in [1.807, 2.05) is 6.92 Å². The molecule has 0 fully saturated rings. The highest BCUT2D eigenvalue weighted by molar-refractivity contribution is 6.35.